The lowest BCUT2D eigenvalue weighted by Gasteiger charge is -2.30. The average molecular weight is 415 g/mol. The number of hydrogen-bond donors (Lipinski definition) is 1. The smallest absolute Gasteiger partial charge is 0.294 e. The van der Waals surface area contributed by atoms with Crippen molar-refractivity contribution in [3.8, 4) is 0 Å². The Kier molecular flexibility index (Phi) is 14.5. The zero-order chi connectivity index (χ0) is 21.5. The summed E-state index contributed by atoms with van der Waals surface area (Å²) in [6.07, 6.45) is 14.1. The topological polar surface area (TPSA) is 54.4 Å². The summed E-state index contributed by atoms with van der Waals surface area (Å²) in [4.78, 5) is -0.0666. The quantitative estimate of drug-likeness (QED) is 0.236. The van der Waals surface area contributed by atoms with Crippen molar-refractivity contribution in [2.75, 3.05) is 27.2 Å². The number of unbranched alkanes of at least 4 members (excludes halogenated alkanes) is 8. The van der Waals surface area contributed by atoms with Crippen LogP contribution < -0.4 is 0 Å². The van der Waals surface area contributed by atoms with Gasteiger partial charge in [0.15, 0.2) is 0 Å². The summed E-state index contributed by atoms with van der Waals surface area (Å²) < 4.78 is 30.8. The maximum absolute atomic E-state index is 10.5. The Morgan fingerprint density at radius 3 is 1.57 bits per heavy atom. The van der Waals surface area contributed by atoms with Crippen LogP contribution in [0.4, 0.5) is 0 Å². The van der Waals surface area contributed by atoms with E-state index in [1.54, 1.807) is 12.1 Å². The third-order valence-corrected chi connectivity index (χ3v) is 5.92. The number of quaternary nitrogens is 1. The third kappa shape index (κ3) is 15.1. The van der Waals surface area contributed by atoms with Gasteiger partial charge >= 0.3 is 0 Å². The lowest BCUT2D eigenvalue weighted by atomic mass is 10.1. The van der Waals surface area contributed by atoms with Gasteiger partial charge in [0.05, 0.1) is 32.1 Å². The van der Waals surface area contributed by atoms with Gasteiger partial charge in [-0.1, -0.05) is 70.1 Å². The van der Waals surface area contributed by atoms with Crippen molar-refractivity contribution in [3.05, 3.63) is 29.8 Å². The molecule has 1 aromatic carbocycles. The van der Waals surface area contributed by atoms with E-state index in [9.17, 15) is 8.42 Å². The van der Waals surface area contributed by atoms with Gasteiger partial charge < -0.3 is 4.48 Å². The van der Waals surface area contributed by atoms with E-state index in [1.165, 1.54) is 93.9 Å². The summed E-state index contributed by atoms with van der Waals surface area (Å²) in [5.74, 6) is 0. The molecule has 0 aliphatic rings. The first-order valence-corrected chi connectivity index (χ1v) is 12.4. The fourth-order valence-corrected chi connectivity index (χ4v) is 3.59. The molecule has 0 bridgehead atoms. The molecule has 0 fully saturated rings. The maximum Gasteiger partial charge on any atom is 0.294 e. The normalized spacial score (nSPS) is 11.8. The van der Waals surface area contributed by atoms with Crippen LogP contribution in [-0.4, -0.2) is 44.6 Å². The van der Waals surface area contributed by atoms with Gasteiger partial charge in [-0.25, -0.2) is 0 Å². The van der Waals surface area contributed by atoms with Crippen molar-refractivity contribution >= 4 is 10.1 Å². The molecule has 0 radical (unpaired) electrons. The van der Waals surface area contributed by atoms with Crippen LogP contribution in [0, 0.1) is 6.92 Å². The molecule has 0 spiro atoms. The number of aryl methyl sites for hydroxylation is 1. The predicted octanol–water partition coefficient (Wildman–Crippen LogP) is 6.25. The van der Waals surface area contributed by atoms with E-state index >= 15 is 0 Å². The van der Waals surface area contributed by atoms with Crippen LogP contribution in [-0.2, 0) is 10.1 Å². The SMILES string of the molecule is CCCCCCCC[N+](C)(C)CCCCCC.Cc1ccc(S(=O)(=O)O)cc1. The monoisotopic (exact) mass is 414 g/mol. The molecule has 1 N–H and O–H groups in total. The van der Waals surface area contributed by atoms with E-state index in [0.29, 0.717) is 0 Å². The molecule has 28 heavy (non-hydrogen) atoms. The number of hydrogen-bond acceptors (Lipinski definition) is 2. The van der Waals surface area contributed by atoms with Crippen LogP contribution in [0.3, 0.4) is 0 Å². The van der Waals surface area contributed by atoms with Crippen LogP contribution in [0.15, 0.2) is 29.2 Å². The highest BCUT2D eigenvalue weighted by molar-refractivity contribution is 7.85. The van der Waals surface area contributed by atoms with Crippen molar-refractivity contribution in [2.45, 2.75) is 89.9 Å². The molecule has 0 amide bonds. The van der Waals surface area contributed by atoms with Crippen molar-refractivity contribution in [3.63, 3.8) is 0 Å². The van der Waals surface area contributed by atoms with Gasteiger partial charge in [-0.2, -0.15) is 8.42 Å². The van der Waals surface area contributed by atoms with Gasteiger partial charge in [-0.05, 0) is 44.7 Å². The number of rotatable bonds is 13. The highest BCUT2D eigenvalue weighted by Gasteiger charge is 2.13. The van der Waals surface area contributed by atoms with Crippen molar-refractivity contribution in [1.29, 1.82) is 0 Å². The Morgan fingerprint density at radius 1 is 0.750 bits per heavy atom. The molecular weight excluding hydrogens is 370 g/mol. The van der Waals surface area contributed by atoms with E-state index in [4.69, 9.17) is 4.55 Å². The lowest BCUT2D eigenvalue weighted by Crippen LogP contribution is -2.41. The zero-order valence-corrected chi connectivity index (χ0v) is 19.7. The van der Waals surface area contributed by atoms with Gasteiger partial charge in [0, 0.05) is 0 Å². The lowest BCUT2D eigenvalue weighted by molar-refractivity contribution is -0.890. The summed E-state index contributed by atoms with van der Waals surface area (Å²) in [5, 5.41) is 0. The standard InChI is InChI=1S/C16H36N.C7H8O3S/c1-5-7-9-11-12-14-16-17(3,4)15-13-10-8-6-2;1-6-2-4-7(5-3-6)11(8,9)10/h5-16H2,1-4H3;2-5H,1H3,(H,8,9,10)/q+1;. The number of nitrogens with zero attached hydrogens (tertiary/aromatic N) is 1. The van der Waals surface area contributed by atoms with Crippen molar-refractivity contribution in [1.82, 2.24) is 0 Å². The zero-order valence-electron chi connectivity index (χ0n) is 18.9. The molecule has 0 heterocycles. The van der Waals surface area contributed by atoms with Crippen LogP contribution in [0.5, 0.6) is 0 Å². The molecule has 0 aliphatic carbocycles. The second-order valence-electron chi connectivity index (χ2n) is 8.50. The van der Waals surface area contributed by atoms with E-state index in [1.807, 2.05) is 6.92 Å². The van der Waals surface area contributed by atoms with Crippen molar-refractivity contribution < 1.29 is 17.5 Å². The highest BCUT2D eigenvalue weighted by Crippen LogP contribution is 2.10. The van der Waals surface area contributed by atoms with Crippen LogP contribution >= 0.6 is 0 Å². The van der Waals surface area contributed by atoms with Crippen molar-refractivity contribution in [2.24, 2.45) is 0 Å². The molecule has 4 nitrogen and oxygen atoms in total. The van der Waals surface area contributed by atoms with Crippen LogP contribution in [0.2, 0.25) is 0 Å². The third-order valence-electron chi connectivity index (χ3n) is 5.05. The van der Waals surface area contributed by atoms with Gasteiger partial charge in [-0.3, -0.25) is 4.55 Å². The number of benzene rings is 1. The largest absolute Gasteiger partial charge is 0.328 e. The van der Waals surface area contributed by atoms with E-state index < -0.39 is 10.1 Å². The summed E-state index contributed by atoms with van der Waals surface area (Å²) >= 11 is 0. The van der Waals surface area contributed by atoms with E-state index in [2.05, 4.69) is 27.9 Å². The minimum Gasteiger partial charge on any atom is -0.328 e. The summed E-state index contributed by atoms with van der Waals surface area (Å²) in [7, 11) is 0.782. The minimum atomic E-state index is -4.02. The van der Waals surface area contributed by atoms with Gasteiger partial charge in [0.25, 0.3) is 10.1 Å². The van der Waals surface area contributed by atoms with E-state index in [-0.39, 0.29) is 4.90 Å². The average Bonchev–Trinajstić information content (AvgIpc) is 2.62. The Hall–Kier alpha value is -0.910. The molecule has 0 saturated carbocycles. The van der Waals surface area contributed by atoms with Crippen LogP contribution in [0.25, 0.3) is 0 Å². The molecule has 5 heteroatoms. The molecular formula is C23H44NO3S+. The molecule has 1 rings (SSSR count). The Balaban J connectivity index is 0.000000567. The molecule has 164 valence electrons. The minimum absolute atomic E-state index is 0.0666. The van der Waals surface area contributed by atoms with Crippen LogP contribution in [0.1, 0.15) is 83.6 Å². The van der Waals surface area contributed by atoms with Gasteiger partial charge in [-0.15, -0.1) is 0 Å². The predicted molar refractivity (Wildman–Crippen MR) is 120 cm³/mol. The first-order valence-electron chi connectivity index (χ1n) is 11.0. The second kappa shape index (κ2) is 15.0. The molecule has 0 aromatic heterocycles. The van der Waals surface area contributed by atoms with E-state index in [0.717, 1.165) is 5.56 Å². The first kappa shape index (κ1) is 27.1. The highest BCUT2D eigenvalue weighted by atomic mass is 32.2. The Bertz CT molecular complexity index is 595. The molecule has 0 saturated heterocycles. The molecule has 0 atom stereocenters. The Labute approximate surface area is 174 Å². The molecule has 0 aliphatic heterocycles. The fourth-order valence-electron chi connectivity index (χ4n) is 3.11. The summed E-state index contributed by atoms with van der Waals surface area (Å²) in [5.41, 5.74) is 0.956. The second-order valence-corrected chi connectivity index (χ2v) is 9.92. The maximum atomic E-state index is 10.5. The molecule has 1 aromatic rings. The first-order chi connectivity index (χ1) is 13.1. The van der Waals surface area contributed by atoms with Gasteiger partial charge in [0.2, 0.25) is 0 Å². The Morgan fingerprint density at radius 2 is 1.14 bits per heavy atom. The van der Waals surface area contributed by atoms with Gasteiger partial charge in [0.1, 0.15) is 0 Å². The molecule has 0 unspecified atom stereocenters. The summed E-state index contributed by atoms with van der Waals surface area (Å²) in [6.45, 7) is 9.16. The summed E-state index contributed by atoms with van der Waals surface area (Å²) in [6, 6.07) is 5.99. The fraction of sp³-hybridized carbons (Fsp3) is 0.739.